The molecular formula is C17H17F2N3O3. The number of alkyl halides is 2. The number of rotatable bonds is 5. The minimum absolute atomic E-state index is 0.293. The summed E-state index contributed by atoms with van der Waals surface area (Å²) in [5, 5.41) is 0. The molecule has 0 spiro atoms. The molecule has 8 heteroatoms. The van der Waals surface area contributed by atoms with Crippen LogP contribution in [0.25, 0.3) is 11.1 Å². The molecule has 0 saturated carbocycles. The Morgan fingerprint density at radius 3 is 2.60 bits per heavy atom. The van der Waals surface area contributed by atoms with Gasteiger partial charge in [0.2, 0.25) is 0 Å². The van der Waals surface area contributed by atoms with Crippen molar-refractivity contribution in [2.45, 2.75) is 6.43 Å². The van der Waals surface area contributed by atoms with E-state index in [1.54, 1.807) is 6.07 Å². The summed E-state index contributed by atoms with van der Waals surface area (Å²) in [5.74, 6) is 0.966. The van der Waals surface area contributed by atoms with Crippen molar-refractivity contribution in [3.63, 3.8) is 0 Å². The number of carbonyl (C=O) groups excluding carboxylic acids is 1. The van der Waals surface area contributed by atoms with Gasteiger partial charge in [0.1, 0.15) is 17.3 Å². The minimum Gasteiger partial charge on any atom is -0.494 e. The van der Waals surface area contributed by atoms with Crippen molar-refractivity contribution >= 4 is 12.1 Å². The third kappa shape index (κ3) is 3.58. The fourth-order valence-corrected chi connectivity index (χ4v) is 2.70. The minimum atomic E-state index is -2.72. The molecular weight excluding hydrogens is 332 g/mol. The van der Waals surface area contributed by atoms with Crippen LogP contribution < -0.4 is 9.64 Å². The predicted octanol–water partition coefficient (Wildman–Crippen LogP) is 2.74. The Bertz CT molecular complexity index is 765. The summed E-state index contributed by atoms with van der Waals surface area (Å²) in [7, 11) is 1.42. The van der Waals surface area contributed by atoms with Gasteiger partial charge in [0, 0.05) is 36.0 Å². The number of carbonyl (C=O) groups is 1. The number of hydrogen-bond donors (Lipinski definition) is 0. The van der Waals surface area contributed by atoms with Crippen molar-refractivity contribution in [3.05, 3.63) is 35.8 Å². The molecule has 0 N–H and O–H groups in total. The molecule has 3 rings (SSSR count). The Morgan fingerprint density at radius 2 is 1.96 bits per heavy atom. The highest BCUT2D eigenvalue weighted by Crippen LogP contribution is 2.35. The normalized spacial score (nSPS) is 14.6. The number of methoxy groups -OCH3 is 1. The van der Waals surface area contributed by atoms with Crippen LogP contribution in [0.3, 0.4) is 0 Å². The molecule has 1 aliphatic heterocycles. The number of anilines is 1. The number of morpholine rings is 1. The molecule has 0 aliphatic carbocycles. The number of ether oxygens (including phenoxy) is 2. The first-order valence-electron chi connectivity index (χ1n) is 7.74. The summed E-state index contributed by atoms with van der Waals surface area (Å²) in [6.07, 6.45) is 0.604. The highest BCUT2D eigenvalue weighted by atomic mass is 19.3. The number of aldehydes is 1. The Balaban J connectivity index is 2.11. The van der Waals surface area contributed by atoms with E-state index in [1.165, 1.54) is 25.6 Å². The van der Waals surface area contributed by atoms with Gasteiger partial charge >= 0.3 is 0 Å². The molecule has 2 aromatic heterocycles. The Kier molecular flexibility index (Phi) is 5.18. The average molecular weight is 349 g/mol. The third-order valence-electron chi connectivity index (χ3n) is 4.00. The van der Waals surface area contributed by atoms with E-state index < -0.39 is 6.43 Å². The molecule has 2 aromatic rings. The number of hydrogen-bond acceptors (Lipinski definition) is 6. The van der Waals surface area contributed by atoms with Gasteiger partial charge in [-0.2, -0.15) is 0 Å². The summed E-state index contributed by atoms with van der Waals surface area (Å²) in [6.45, 7) is 2.51. The van der Waals surface area contributed by atoms with Crippen LogP contribution >= 0.6 is 0 Å². The van der Waals surface area contributed by atoms with Crippen LogP contribution in [0, 0.1) is 0 Å². The molecule has 0 amide bonds. The van der Waals surface area contributed by atoms with Gasteiger partial charge in [0.05, 0.1) is 26.5 Å². The predicted molar refractivity (Wildman–Crippen MR) is 87.4 cm³/mol. The zero-order valence-electron chi connectivity index (χ0n) is 13.6. The number of nitrogens with zero attached hydrogens (tertiary/aromatic N) is 3. The average Bonchev–Trinajstić information content (AvgIpc) is 2.67. The molecule has 25 heavy (non-hydrogen) atoms. The van der Waals surface area contributed by atoms with E-state index in [0.717, 1.165) is 0 Å². The number of pyridine rings is 2. The Hall–Kier alpha value is -2.61. The molecule has 0 bridgehead atoms. The van der Waals surface area contributed by atoms with Gasteiger partial charge in [-0.15, -0.1) is 0 Å². The smallest absolute Gasteiger partial charge is 0.280 e. The molecule has 6 nitrogen and oxygen atoms in total. The Labute approximate surface area is 143 Å². The van der Waals surface area contributed by atoms with Gasteiger partial charge in [-0.1, -0.05) is 0 Å². The van der Waals surface area contributed by atoms with Crippen LogP contribution in [0.15, 0.2) is 24.5 Å². The van der Waals surface area contributed by atoms with Crippen molar-refractivity contribution in [1.82, 2.24) is 9.97 Å². The lowest BCUT2D eigenvalue weighted by molar-refractivity contribution is 0.112. The highest BCUT2D eigenvalue weighted by molar-refractivity contribution is 5.90. The van der Waals surface area contributed by atoms with E-state index >= 15 is 0 Å². The van der Waals surface area contributed by atoms with E-state index in [-0.39, 0.29) is 5.69 Å². The van der Waals surface area contributed by atoms with Crippen LogP contribution in [0.4, 0.5) is 14.6 Å². The first-order valence-corrected chi connectivity index (χ1v) is 7.74. The van der Waals surface area contributed by atoms with Crippen molar-refractivity contribution < 1.29 is 23.0 Å². The molecule has 0 atom stereocenters. The van der Waals surface area contributed by atoms with Gasteiger partial charge in [0.25, 0.3) is 6.43 Å². The second-order valence-electron chi connectivity index (χ2n) is 5.46. The second kappa shape index (κ2) is 7.52. The first kappa shape index (κ1) is 17.2. The quantitative estimate of drug-likeness (QED) is 0.774. The summed E-state index contributed by atoms with van der Waals surface area (Å²) in [4.78, 5) is 21.4. The van der Waals surface area contributed by atoms with Crippen molar-refractivity contribution in [3.8, 4) is 16.9 Å². The molecule has 1 aliphatic rings. The van der Waals surface area contributed by atoms with E-state index in [2.05, 4.69) is 9.97 Å². The molecule has 0 aromatic carbocycles. The van der Waals surface area contributed by atoms with Gasteiger partial charge in [-0.05, 0) is 12.1 Å². The maximum Gasteiger partial charge on any atom is 0.280 e. The van der Waals surface area contributed by atoms with Crippen LogP contribution in [-0.2, 0) is 4.74 Å². The molecule has 0 unspecified atom stereocenters. The van der Waals surface area contributed by atoms with Gasteiger partial charge in [-0.3, -0.25) is 9.78 Å². The van der Waals surface area contributed by atoms with E-state index in [0.29, 0.717) is 60.8 Å². The maximum atomic E-state index is 13.0. The highest BCUT2D eigenvalue weighted by Gasteiger charge is 2.19. The SMILES string of the molecule is COc1cnc(C(F)F)cc1-c1cc(N2CCOCC2)ncc1C=O. The number of halogens is 2. The van der Waals surface area contributed by atoms with Gasteiger partial charge in [0.15, 0.2) is 6.29 Å². The first-order chi connectivity index (χ1) is 12.1. The fourth-order valence-electron chi connectivity index (χ4n) is 2.70. The molecule has 0 radical (unpaired) electrons. The van der Waals surface area contributed by atoms with E-state index in [1.807, 2.05) is 4.90 Å². The van der Waals surface area contributed by atoms with Crippen LogP contribution in [0.2, 0.25) is 0 Å². The van der Waals surface area contributed by atoms with Gasteiger partial charge in [-0.25, -0.2) is 13.8 Å². The maximum absolute atomic E-state index is 13.0. The lowest BCUT2D eigenvalue weighted by atomic mass is 10.0. The molecule has 3 heterocycles. The number of aromatic nitrogens is 2. The molecule has 132 valence electrons. The Morgan fingerprint density at radius 1 is 1.20 bits per heavy atom. The lowest BCUT2D eigenvalue weighted by Gasteiger charge is -2.28. The standard InChI is InChI=1S/C17H17F2N3O3/c1-24-15-9-20-14(17(18)19)6-13(15)12-7-16(21-8-11(12)10-23)22-2-4-25-5-3-22/h6-10,17H,2-5H2,1H3. The van der Waals surface area contributed by atoms with Crippen molar-refractivity contribution in [1.29, 1.82) is 0 Å². The third-order valence-corrected chi connectivity index (χ3v) is 4.00. The zero-order valence-corrected chi connectivity index (χ0v) is 13.6. The van der Waals surface area contributed by atoms with Crippen LogP contribution in [0.5, 0.6) is 5.75 Å². The largest absolute Gasteiger partial charge is 0.494 e. The summed E-state index contributed by atoms with van der Waals surface area (Å²) in [6, 6.07) is 2.96. The zero-order chi connectivity index (χ0) is 17.8. The van der Waals surface area contributed by atoms with Gasteiger partial charge < -0.3 is 14.4 Å². The molecule has 1 saturated heterocycles. The fraction of sp³-hybridized carbons (Fsp3) is 0.353. The lowest BCUT2D eigenvalue weighted by Crippen LogP contribution is -2.36. The van der Waals surface area contributed by atoms with E-state index in [4.69, 9.17) is 9.47 Å². The monoisotopic (exact) mass is 349 g/mol. The van der Waals surface area contributed by atoms with Crippen LogP contribution in [0.1, 0.15) is 22.5 Å². The summed E-state index contributed by atoms with van der Waals surface area (Å²) in [5.41, 5.74) is 0.776. The summed E-state index contributed by atoms with van der Waals surface area (Å²) < 4.78 is 36.7. The van der Waals surface area contributed by atoms with Crippen molar-refractivity contribution in [2.24, 2.45) is 0 Å². The van der Waals surface area contributed by atoms with E-state index in [9.17, 15) is 13.6 Å². The van der Waals surface area contributed by atoms with Crippen LogP contribution in [-0.4, -0.2) is 49.7 Å². The molecule has 1 fully saturated rings. The summed E-state index contributed by atoms with van der Waals surface area (Å²) >= 11 is 0. The second-order valence-corrected chi connectivity index (χ2v) is 5.46. The van der Waals surface area contributed by atoms with Crippen molar-refractivity contribution in [2.75, 3.05) is 38.3 Å². The topological polar surface area (TPSA) is 64.6 Å².